The molecule has 0 spiro atoms. The number of Topliss-reactive ketones (excluding diaryl/α,β-unsaturated/α-hetero) is 1. The summed E-state index contributed by atoms with van der Waals surface area (Å²) in [5.41, 5.74) is 9.22. The van der Waals surface area contributed by atoms with Gasteiger partial charge >= 0.3 is 30.5 Å². The first-order valence-electron chi connectivity index (χ1n) is 48.5. The van der Waals surface area contributed by atoms with Crippen LogP contribution in [0.4, 0.5) is 47.1 Å². The van der Waals surface area contributed by atoms with Crippen molar-refractivity contribution in [2.24, 2.45) is 64.9 Å². The van der Waals surface area contributed by atoms with Crippen molar-refractivity contribution >= 4 is 71.2 Å². The minimum Gasteiger partial charge on any atom is -0.485 e. The first-order valence-corrected chi connectivity index (χ1v) is 48.5. The number of nitrogens with two attached hydrogens (primary N) is 1. The SMILES string of the molecule is CC(C)(C)OC(=O)N1CC[C@H]2CC(=O)C[C@H]2C1.CC(C)(C)OC(=O)N1CC[C@H]2C[C@@H](N)C[C@H]2C1.CC(C)(C)OC(=O)N1CC[C@H]2C[C@@H](NC(=O)OCc3ccccc3)C[C@H]2C1.CC(C)(C)OC(=O)N1CC[C@H]2C[C@@H](NCc3ccccc3)C[C@H]2C1.CC[C@@H]1C(=O)N(C)c2cnc(Nc3ccc(C(=O)N[C@H]4C[C@H]5CCN(C)C[C@H]5C4)c4c3OC(C)(C)C4)nc2N1C1CCCC1. The Labute approximate surface area is 767 Å². The third-order valence-electron chi connectivity index (χ3n) is 28.4. The highest BCUT2D eigenvalue weighted by molar-refractivity contribution is 6.04. The van der Waals surface area contributed by atoms with Gasteiger partial charge in [0.1, 0.15) is 57.9 Å². The number of rotatable bonds is 12. The Morgan fingerprint density at radius 3 is 1.51 bits per heavy atom. The number of likely N-dealkylation sites (N-methyl/N-ethyl adjacent to an activating group) is 1. The van der Waals surface area contributed by atoms with Gasteiger partial charge in [0.15, 0.2) is 5.82 Å². The molecular formula is C101H152N14O14. The number of ether oxygens (including phenoxy) is 6. The van der Waals surface area contributed by atoms with Gasteiger partial charge in [-0.25, -0.2) is 29.0 Å². The van der Waals surface area contributed by atoms with Crippen LogP contribution in [0.5, 0.6) is 5.75 Å². The number of carbonyl (C=O) groups excluding carboxylic acids is 8. The topological polar surface area (TPSA) is 315 Å². The second-order valence-corrected chi connectivity index (χ2v) is 43.9. The van der Waals surface area contributed by atoms with Crippen molar-refractivity contribution in [1.29, 1.82) is 0 Å². The second kappa shape index (κ2) is 41.8. The van der Waals surface area contributed by atoms with Crippen LogP contribution in [0.3, 0.4) is 0 Å². The van der Waals surface area contributed by atoms with E-state index in [4.69, 9.17) is 39.1 Å². The highest BCUT2D eigenvalue weighted by Crippen LogP contribution is 2.48. The summed E-state index contributed by atoms with van der Waals surface area (Å²) in [6.45, 7) is 38.6. The Hall–Kier alpha value is -9.02. The average molecular weight is 1790 g/mol. The first-order chi connectivity index (χ1) is 61.0. The Morgan fingerprint density at radius 1 is 0.527 bits per heavy atom. The van der Waals surface area contributed by atoms with Crippen LogP contribution in [-0.2, 0) is 52.8 Å². The van der Waals surface area contributed by atoms with Crippen LogP contribution in [0.15, 0.2) is 79.0 Å². The van der Waals surface area contributed by atoms with Crippen LogP contribution in [0.1, 0.15) is 259 Å². The van der Waals surface area contributed by atoms with Crippen LogP contribution in [-0.4, -0.2) is 226 Å². The number of hydrogen-bond donors (Lipinski definition) is 5. The maximum Gasteiger partial charge on any atom is 0.410 e. The summed E-state index contributed by atoms with van der Waals surface area (Å²) in [5, 5.41) is 13.5. The van der Waals surface area contributed by atoms with Gasteiger partial charge in [0, 0.05) is 133 Å². The number of benzene rings is 3. The molecule has 0 unspecified atom stereocenters. The summed E-state index contributed by atoms with van der Waals surface area (Å²) in [7, 11) is 4.02. The molecule has 13 aliphatic rings. The fraction of sp³-hybridized carbons (Fsp3) is 0.703. The number of fused-ring (bicyclic) bond motifs is 7. The molecule has 129 heavy (non-hydrogen) atoms. The van der Waals surface area contributed by atoms with E-state index in [1.165, 1.54) is 31.2 Å². The largest absolute Gasteiger partial charge is 0.485 e. The predicted octanol–water partition coefficient (Wildman–Crippen LogP) is 16.9. The van der Waals surface area contributed by atoms with Crippen molar-refractivity contribution in [2.45, 2.75) is 316 Å². The van der Waals surface area contributed by atoms with Crippen LogP contribution < -0.4 is 41.5 Å². The van der Waals surface area contributed by atoms with Crippen LogP contribution >= 0.6 is 0 Å². The lowest BCUT2D eigenvalue weighted by Gasteiger charge is -2.43. The third kappa shape index (κ3) is 26.7. The molecule has 15 atom stereocenters. The van der Waals surface area contributed by atoms with Gasteiger partial charge in [-0.05, 0) is 296 Å². The monoisotopic (exact) mass is 1790 g/mol. The van der Waals surface area contributed by atoms with E-state index in [-0.39, 0.29) is 67.0 Å². The van der Waals surface area contributed by atoms with Gasteiger partial charge in [-0.3, -0.25) is 14.4 Å². The molecular weight excluding hydrogens is 1630 g/mol. The van der Waals surface area contributed by atoms with Gasteiger partial charge in [-0.2, -0.15) is 4.98 Å². The zero-order valence-corrected chi connectivity index (χ0v) is 80.4. The lowest BCUT2D eigenvalue weighted by Crippen LogP contribution is -2.55. The number of ketones is 1. The normalized spacial score (nSPS) is 28.0. The summed E-state index contributed by atoms with van der Waals surface area (Å²) >= 11 is 0. The van der Waals surface area contributed by atoms with Crippen molar-refractivity contribution < 1.29 is 66.8 Å². The molecule has 0 radical (unpaired) electrons. The molecule has 4 aromatic rings. The van der Waals surface area contributed by atoms with E-state index in [0.717, 1.165) is 189 Å². The van der Waals surface area contributed by atoms with Crippen molar-refractivity contribution in [2.75, 3.05) is 94.7 Å². The maximum absolute atomic E-state index is 13.7. The van der Waals surface area contributed by atoms with E-state index in [2.05, 4.69) is 94.2 Å². The lowest BCUT2D eigenvalue weighted by molar-refractivity contribution is -0.120. The fourth-order valence-electron chi connectivity index (χ4n) is 22.4. The Bertz CT molecular complexity index is 4500. The molecule has 5 saturated heterocycles. The Morgan fingerprint density at radius 2 is 0.977 bits per heavy atom. The fourth-order valence-corrected chi connectivity index (χ4v) is 22.4. The Balaban J connectivity index is 0.000000145. The molecule has 0 bridgehead atoms. The lowest BCUT2D eigenvalue weighted by atomic mass is 9.89. The highest BCUT2D eigenvalue weighted by Gasteiger charge is 2.48. The molecule has 28 heteroatoms. The van der Waals surface area contributed by atoms with E-state index in [9.17, 15) is 38.4 Å². The number of carbonyl (C=O) groups is 8. The van der Waals surface area contributed by atoms with Crippen molar-refractivity contribution in [3.05, 3.63) is 101 Å². The molecule has 11 fully saturated rings. The first kappa shape index (κ1) is 97.5. The molecule has 1 aromatic heterocycles. The van der Waals surface area contributed by atoms with E-state index in [1.54, 1.807) is 16.0 Å². The number of nitrogens with zero attached hydrogens (tertiary/aromatic N) is 9. The number of nitrogens with one attached hydrogen (secondary N) is 4. The Kier molecular flexibility index (Phi) is 31.6. The quantitative estimate of drug-likeness (QED) is 0.0823. The van der Waals surface area contributed by atoms with Crippen molar-refractivity contribution in [3.63, 3.8) is 0 Å². The zero-order chi connectivity index (χ0) is 92.6. The molecule has 710 valence electrons. The number of aromatic nitrogens is 2. The standard InChI is InChI=1S/C34H47N7O3.C21H30N2O4.C20H30N2O2.C13H24N2O2.C13H21NO3/c1-6-27-32(43)40(5)28-18-35-33(38-30(28)41(27)23-9-7-8-10-23)37-26-12-11-24(25-17-34(2,3)44-29(25)26)31(42)36-22-15-20-13-14-39(4)19-21(20)16-22;1-21(2,3)27-20(25)23-10-9-16-11-18(12-17(16)13-23)22-19(24)26-14-15-7-5-4-6-8-15;1-20(2,3)24-19(23)22-10-9-16-11-18(12-17(16)14-22)21-13-15-7-5-4-6-8-15;1-13(2,3)17-12(16)15-5-4-9-6-11(14)7-10(9)8-15;1-13(2,3)17-12(16)14-5-4-9-6-11(15)7-10(9)8-14/h11-12,18,20-23,27H,6-10,13-17,19H2,1-5H3,(H,36,42)(H,35,37,38);4-8,16-18H,9-14H2,1-3H3,(H,22,24);4-8,16-18,21H,9-14H2,1-3H3;9-11H,4-8,14H2,1-3H3;9-10H,4-8H2,1-3H3/t20-,21-,22+,27-;2*16-,17-,18+;9-,10-,11+;9-,10-/m10000/s1. The minimum absolute atomic E-state index is 0.0124. The van der Waals surface area contributed by atoms with Crippen molar-refractivity contribution in [1.82, 2.24) is 50.4 Å². The minimum atomic E-state index is -0.476. The summed E-state index contributed by atoms with van der Waals surface area (Å²) in [6.07, 6.45) is 21.6. The van der Waals surface area contributed by atoms with Gasteiger partial charge in [0.25, 0.3) is 5.91 Å². The molecule has 7 aliphatic heterocycles. The molecule has 28 nitrogen and oxygen atoms in total. The van der Waals surface area contributed by atoms with Gasteiger partial charge in [-0.15, -0.1) is 0 Å². The number of alkyl carbamates (subject to hydrolysis) is 1. The van der Waals surface area contributed by atoms with Gasteiger partial charge in [-0.1, -0.05) is 80.4 Å². The number of amides is 7. The third-order valence-corrected chi connectivity index (χ3v) is 28.4. The molecule has 17 rings (SSSR count). The molecule has 3 aromatic carbocycles. The molecule has 6 aliphatic carbocycles. The predicted molar refractivity (Wildman–Crippen MR) is 500 cm³/mol. The molecule has 8 heterocycles. The summed E-state index contributed by atoms with van der Waals surface area (Å²) in [6, 6.07) is 25.4. The average Bonchev–Trinajstić information content (AvgIpc) is 1.14. The molecule has 7 amide bonds. The maximum atomic E-state index is 13.7. The second-order valence-electron chi connectivity index (χ2n) is 43.9. The molecule has 6 N–H and O–H groups in total. The van der Waals surface area contributed by atoms with E-state index >= 15 is 0 Å². The summed E-state index contributed by atoms with van der Waals surface area (Å²) in [5.74, 6) is 8.27. The van der Waals surface area contributed by atoms with E-state index in [0.29, 0.717) is 121 Å². The number of hydrogen-bond acceptors (Lipinski definition) is 21. The highest BCUT2D eigenvalue weighted by atomic mass is 16.6. The van der Waals surface area contributed by atoms with Crippen LogP contribution in [0, 0.1) is 59.2 Å². The van der Waals surface area contributed by atoms with Gasteiger partial charge in [0.2, 0.25) is 11.9 Å². The molecule has 6 saturated carbocycles. The van der Waals surface area contributed by atoms with Gasteiger partial charge in [0.05, 0.1) is 11.9 Å². The summed E-state index contributed by atoms with van der Waals surface area (Å²) < 4.78 is 33.6. The number of piperidine rings is 5. The van der Waals surface area contributed by atoms with Crippen LogP contribution in [0.25, 0.3) is 0 Å². The van der Waals surface area contributed by atoms with Crippen molar-refractivity contribution in [3.8, 4) is 5.75 Å². The number of anilines is 4. The number of likely N-dealkylation sites (tertiary alicyclic amines) is 5. The smallest absolute Gasteiger partial charge is 0.410 e. The summed E-state index contributed by atoms with van der Waals surface area (Å²) in [4.78, 5) is 122. The van der Waals surface area contributed by atoms with E-state index in [1.807, 2.05) is 147 Å². The van der Waals surface area contributed by atoms with E-state index < -0.39 is 28.0 Å². The van der Waals surface area contributed by atoms with Crippen LogP contribution in [0.2, 0.25) is 0 Å². The van der Waals surface area contributed by atoms with Gasteiger partial charge < -0.3 is 89.7 Å². The zero-order valence-electron chi connectivity index (χ0n) is 80.4.